The highest BCUT2D eigenvalue weighted by molar-refractivity contribution is 5.63. The number of nitrogens with one attached hydrogen (secondary N) is 2. The number of hydrazine groups is 1. The third-order valence-electron chi connectivity index (χ3n) is 3.44. The van der Waals surface area contributed by atoms with Gasteiger partial charge in [0, 0.05) is 11.9 Å². The molecule has 19 heavy (non-hydrogen) atoms. The van der Waals surface area contributed by atoms with Crippen molar-refractivity contribution in [2.45, 2.75) is 25.7 Å². The molecule has 98 valence electrons. The summed E-state index contributed by atoms with van der Waals surface area (Å²) in [7, 11) is 0. The standard InChI is InChI=1S/C14H17N5/c15-19-14-16-9-8-13(18-14)17-12-7-3-5-10-4-1-2-6-11(10)12/h3,5,7-9H,1-2,4,6,15H2,(H2,16,17,18,19). The molecule has 3 rings (SSSR count). The highest BCUT2D eigenvalue weighted by atomic mass is 15.3. The van der Waals surface area contributed by atoms with Gasteiger partial charge in [0.2, 0.25) is 5.95 Å². The Labute approximate surface area is 112 Å². The summed E-state index contributed by atoms with van der Waals surface area (Å²) < 4.78 is 0. The number of hydrogen-bond donors (Lipinski definition) is 3. The van der Waals surface area contributed by atoms with E-state index in [9.17, 15) is 0 Å². The fraction of sp³-hybridized carbons (Fsp3) is 0.286. The highest BCUT2D eigenvalue weighted by Gasteiger charge is 2.13. The van der Waals surface area contributed by atoms with Crippen LogP contribution in [0.15, 0.2) is 30.5 Å². The minimum atomic E-state index is 0.412. The van der Waals surface area contributed by atoms with Crippen molar-refractivity contribution in [1.82, 2.24) is 9.97 Å². The first-order chi connectivity index (χ1) is 9.36. The Morgan fingerprint density at radius 1 is 1.11 bits per heavy atom. The average Bonchev–Trinajstić information content (AvgIpc) is 2.48. The van der Waals surface area contributed by atoms with Gasteiger partial charge in [0.15, 0.2) is 0 Å². The van der Waals surface area contributed by atoms with Gasteiger partial charge in [-0.05, 0) is 48.9 Å². The fourth-order valence-electron chi connectivity index (χ4n) is 2.53. The molecule has 0 spiro atoms. The second-order valence-electron chi connectivity index (χ2n) is 4.69. The first-order valence-corrected chi connectivity index (χ1v) is 6.54. The third kappa shape index (κ3) is 2.51. The Morgan fingerprint density at radius 3 is 2.89 bits per heavy atom. The maximum absolute atomic E-state index is 5.32. The normalized spacial score (nSPS) is 13.7. The number of aryl methyl sites for hydroxylation is 1. The molecule has 2 aromatic rings. The van der Waals surface area contributed by atoms with Crippen molar-refractivity contribution in [3.8, 4) is 0 Å². The van der Waals surface area contributed by atoms with Crippen LogP contribution in [0.2, 0.25) is 0 Å². The molecule has 5 nitrogen and oxygen atoms in total. The predicted molar refractivity (Wildman–Crippen MR) is 76.2 cm³/mol. The van der Waals surface area contributed by atoms with Crippen LogP contribution < -0.4 is 16.6 Å². The van der Waals surface area contributed by atoms with Crippen LogP contribution in [0.1, 0.15) is 24.0 Å². The lowest BCUT2D eigenvalue weighted by molar-refractivity contribution is 0.687. The van der Waals surface area contributed by atoms with E-state index in [0.29, 0.717) is 5.95 Å². The van der Waals surface area contributed by atoms with Gasteiger partial charge in [-0.3, -0.25) is 5.43 Å². The SMILES string of the molecule is NNc1nccc(Nc2cccc3c2CCCC3)n1. The second kappa shape index (κ2) is 5.24. The van der Waals surface area contributed by atoms with Crippen molar-refractivity contribution in [3.05, 3.63) is 41.6 Å². The summed E-state index contributed by atoms with van der Waals surface area (Å²) >= 11 is 0. The van der Waals surface area contributed by atoms with E-state index in [2.05, 4.69) is 38.9 Å². The number of benzene rings is 1. The van der Waals surface area contributed by atoms with E-state index in [-0.39, 0.29) is 0 Å². The maximum atomic E-state index is 5.32. The Hall–Kier alpha value is -2.14. The fourth-order valence-corrected chi connectivity index (χ4v) is 2.53. The molecule has 1 aliphatic rings. The van der Waals surface area contributed by atoms with Gasteiger partial charge < -0.3 is 5.32 Å². The molecule has 0 radical (unpaired) electrons. The molecule has 0 unspecified atom stereocenters. The molecule has 0 aliphatic heterocycles. The molecule has 0 amide bonds. The molecule has 0 atom stereocenters. The Kier molecular flexibility index (Phi) is 3.29. The molecule has 1 aromatic carbocycles. The van der Waals surface area contributed by atoms with Crippen LogP contribution in [0.4, 0.5) is 17.5 Å². The van der Waals surface area contributed by atoms with Gasteiger partial charge in [-0.15, -0.1) is 0 Å². The monoisotopic (exact) mass is 255 g/mol. The number of fused-ring (bicyclic) bond motifs is 1. The summed E-state index contributed by atoms with van der Waals surface area (Å²) in [6.07, 6.45) is 6.52. The molecule has 0 saturated heterocycles. The third-order valence-corrected chi connectivity index (χ3v) is 3.44. The quantitative estimate of drug-likeness (QED) is 0.580. The van der Waals surface area contributed by atoms with Crippen molar-refractivity contribution in [1.29, 1.82) is 0 Å². The van der Waals surface area contributed by atoms with E-state index in [1.165, 1.54) is 30.4 Å². The summed E-state index contributed by atoms with van der Waals surface area (Å²) in [4.78, 5) is 8.28. The molecule has 1 aliphatic carbocycles. The lowest BCUT2D eigenvalue weighted by Gasteiger charge is -2.19. The largest absolute Gasteiger partial charge is 0.340 e. The first-order valence-electron chi connectivity index (χ1n) is 6.54. The van der Waals surface area contributed by atoms with E-state index in [1.807, 2.05) is 6.07 Å². The van der Waals surface area contributed by atoms with Crippen LogP contribution in [-0.4, -0.2) is 9.97 Å². The summed E-state index contributed by atoms with van der Waals surface area (Å²) in [6.45, 7) is 0. The Balaban J connectivity index is 1.90. The second-order valence-corrected chi connectivity index (χ2v) is 4.69. The number of aromatic nitrogens is 2. The van der Waals surface area contributed by atoms with Crippen molar-refractivity contribution >= 4 is 17.5 Å². The number of nitrogens with zero attached hydrogens (tertiary/aromatic N) is 2. The molecule has 0 bridgehead atoms. The topological polar surface area (TPSA) is 75.9 Å². The summed E-state index contributed by atoms with van der Waals surface area (Å²) in [5, 5.41) is 3.36. The number of anilines is 3. The van der Waals surface area contributed by atoms with Gasteiger partial charge in [0.05, 0.1) is 0 Å². The van der Waals surface area contributed by atoms with E-state index in [1.54, 1.807) is 6.20 Å². The zero-order valence-electron chi connectivity index (χ0n) is 10.7. The Bertz CT molecular complexity index is 582. The molecule has 1 aromatic heterocycles. The predicted octanol–water partition coefficient (Wildman–Crippen LogP) is 2.38. The van der Waals surface area contributed by atoms with Gasteiger partial charge >= 0.3 is 0 Å². The smallest absolute Gasteiger partial charge is 0.239 e. The van der Waals surface area contributed by atoms with Crippen LogP contribution in [0, 0.1) is 0 Å². The van der Waals surface area contributed by atoms with E-state index < -0.39 is 0 Å². The highest BCUT2D eigenvalue weighted by Crippen LogP contribution is 2.29. The van der Waals surface area contributed by atoms with Gasteiger partial charge in [0.1, 0.15) is 5.82 Å². The van der Waals surface area contributed by atoms with Gasteiger partial charge in [-0.25, -0.2) is 10.8 Å². The minimum Gasteiger partial charge on any atom is -0.340 e. The van der Waals surface area contributed by atoms with E-state index >= 15 is 0 Å². The van der Waals surface area contributed by atoms with Crippen LogP contribution in [0.3, 0.4) is 0 Å². The summed E-state index contributed by atoms with van der Waals surface area (Å²) in [5.41, 5.74) is 6.45. The zero-order chi connectivity index (χ0) is 13.1. The van der Waals surface area contributed by atoms with Crippen molar-refractivity contribution in [2.24, 2.45) is 5.84 Å². The Morgan fingerprint density at radius 2 is 2.00 bits per heavy atom. The van der Waals surface area contributed by atoms with Crippen molar-refractivity contribution < 1.29 is 0 Å². The molecule has 4 N–H and O–H groups in total. The van der Waals surface area contributed by atoms with Crippen molar-refractivity contribution in [3.63, 3.8) is 0 Å². The summed E-state index contributed by atoms with van der Waals surface area (Å²) in [6, 6.07) is 8.24. The number of nitrogens with two attached hydrogens (primary N) is 1. The minimum absolute atomic E-state index is 0.412. The molecule has 0 fully saturated rings. The number of rotatable bonds is 3. The number of hydrogen-bond acceptors (Lipinski definition) is 5. The van der Waals surface area contributed by atoms with E-state index in [0.717, 1.165) is 17.9 Å². The van der Waals surface area contributed by atoms with Gasteiger partial charge in [-0.2, -0.15) is 4.98 Å². The lowest BCUT2D eigenvalue weighted by atomic mass is 9.90. The average molecular weight is 255 g/mol. The first kappa shape index (κ1) is 11.9. The van der Waals surface area contributed by atoms with Crippen LogP contribution in [-0.2, 0) is 12.8 Å². The summed E-state index contributed by atoms with van der Waals surface area (Å²) in [5.74, 6) is 6.48. The molecule has 5 heteroatoms. The maximum Gasteiger partial charge on any atom is 0.239 e. The van der Waals surface area contributed by atoms with Gasteiger partial charge in [0.25, 0.3) is 0 Å². The van der Waals surface area contributed by atoms with Crippen LogP contribution in [0.25, 0.3) is 0 Å². The zero-order valence-corrected chi connectivity index (χ0v) is 10.7. The van der Waals surface area contributed by atoms with Gasteiger partial charge in [-0.1, -0.05) is 12.1 Å². The lowest BCUT2D eigenvalue weighted by Crippen LogP contribution is -2.11. The molecule has 0 saturated carbocycles. The number of nitrogen functional groups attached to an aromatic ring is 1. The van der Waals surface area contributed by atoms with Crippen molar-refractivity contribution in [2.75, 3.05) is 10.7 Å². The van der Waals surface area contributed by atoms with E-state index in [4.69, 9.17) is 5.84 Å². The molecular formula is C14H17N5. The molecule has 1 heterocycles. The molecular weight excluding hydrogens is 238 g/mol. The van der Waals surface area contributed by atoms with Crippen LogP contribution in [0.5, 0.6) is 0 Å². The van der Waals surface area contributed by atoms with Crippen LogP contribution >= 0.6 is 0 Å².